The first-order chi connectivity index (χ1) is 6.57. The third-order valence-electron chi connectivity index (χ3n) is 1.67. The number of carboxylic acid groups (broad SMARTS) is 1. The Hall–Kier alpha value is -1.14. The normalized spacial score (nSPS) is 12.1. The molecule has 0 aliphatic carbocycles. The molecule has 82 valence electrons. The molecule has 0 bridgehead atoms. The van der Waals surface area contributed by atoms with Crippen molar-refractivity contribution in [3.05, 3.63) is 0 Å². The van der Waals surface area contributed by atoms with Crippen molar-refractivity contribution < 1.29 is 14.7 Å². The predicted octanol–water partition coefficient (Wildman–Crippen LogP) is -0.791. The fourth-order valence-corrected chi connectivity index (χ4v) is 0.939. The second kappa shape index (κ2) is 7.28. The number of hydrogen-bond donors (Lipinski definition) is 4. The monoisotopic (exact) mass is 203 g/mol. The summed E-state index contributed by atoms with van der Waals surface area (Å²) in [5.74, 6) is -1.29. The first-order valence-corrected chi connectivity index (χ1v) is 4.53. The van der Waals surface area contributed by atoms with Crippen LogP contribution in [0.25, 0.3) is 0 Å². The molecule has 0 saturated heterocycles. The maximum absolute atomic E-state index is 10.7. The third-order valence-corrected chi connectivity index (χ3v) is 1.67. The minimum atomic E-state index is -0.976. The molecule has 0 unspecified atom stereocenters. The summed E-state index contributed by atoms with van der Waals surface area (Å²) in [6.07, 6.45) is 1.96. The Morgan fingerprint density at radius 3 is 2.50 bits per heavy atom. The van der Waals surface area contributed by atoms with Crippen molar-refractivity contribution in [1.29, 1.82) is 0 Å². The molecule has 0 aliphatic rings. The Bertz CT molecular complexity index is 196. The topological polar surface area (TPSA) is 104 Å². The first-order valence-electron chi connectivity index (χ1n) is 4.53. The van der Waals surface area contributed by atoms with Crippen LogP contribution in [0.1, 0.15) is 26.2 Å². The Balaban J connectivity index is 3.78. The predicted molar refractivity (Wildman–Crippen MR) is 51.3 cm³/mol. The minimum absolute atomic E-state index is 0.310. The Morgan fingerprint density at radius 1 is 1.43 bits per heavy atom. The van der Waals surface area contributed by atoms with Crippen LogP contribution in [0.15, 0.2) is 0 Å². The summed E-state index contributed by atoms with van der Waals surface area (Å²) in [7, 11) is 0. The zero-order chi connectivity index (χ0) is 11.0. The van der Waals surface area contributed by atoms with Gasteiger partial charge in [0.1, 0.15) is 6.04 Å². The van der Waals surface area contributed by atoms with Crippen LogP contribution in [0.4, 0.5) is 0 Å². The largest absolute Gasteiger partial charge is 0.480 e. The molecule has 0 aromatic heterocycles. The van der Waals surface area contributed by atoms with Gasteiger partial charge >= 0.3 is 5.97 Å². The van der Waals surface area contributed by atoms with Crippen LogP contribution in [-0.2, 0) is 9.59 Å². The van der Waals surface area contributed by atoms with Gasteiger partial charge in [-0.3, -0.25) is 15.0 Å². The molecule has 14 heavy (non-hydrogen) atoms. The first kappa shape index (κ1) is 12.9. The van der Waals surface area contributed by atoms with E-state index in [4.69, 9.17) is 10.8 Å². The van der Waals surface area contributed by atoms with E-state index >= 15 is 0 Å². The van der Waals surface area contributed by atoms with Crippen molar-refractivity contribution in [1.82, 2.24) is 10.9 Å². The van der Waals surface area contributed by atoms with E-state index in [2.05, 4.69) is 10.9 Å². The van der Waals surface area contributed by atoms with Crippen LogP contribution in [0.3, 0.4) is 0 Å². The van der Waals surface area contributed by atoms with Crippen LogP contribution in [0, 0.1) is 0 Å². The zero-order valence-electron chi connectivity index (χ0n) is 8.25. The van der Waals surface area contributed by atoms with Crippen LogP contribution < -0.4 is 16.6 Å². The van der Waals surface area contributed by atoms with Crippen molar-refractivity contribution in [2.75, 3.05) is 6.54 Å². The second-order valence-electron chi connectivity index (χ2n) is 3.00. The van der Waals surface area contributed by atoms with E-state index in [1.54, 1.807) is 0 Å². The van der Waals surface area contributed by atoms with Gasteiger partial charge in [-0.2, -0.15) is 0 Å². The number of aliphatic carboxylic acids is 1. The average molecular weight is 203 g/mol. The molecule has 6 heteroatoms. The Kier molecular flexibility index (Phi) is 6.69. The molecule has 0 radical (unpaired) electrons. The van der Waals surface area contributed by atoms with E-state index in [1.165, 1.54) is 6.92 Å². The summed E-state index contributed by atoms with van der Waals surface area (Å²) in [5, 5.41) is 8.74. The lowest BCUT2D eigenvalue weighted by Gasteiger charge is -2.13. The highest BCUT2D eigenvalue weighted by molar-refractivity contribution is 5.75. The van der Waals surface area contributed by atoms with Crippen LogP contribution in [0.2, 0.25) is 0 Å². The molecule has 5 N–H and O–H groups in total. The van der Waals surface area contributed by atoms with Gasteiger partial charge in [-0.05, 0) is 25.8 Å². The summed E-state index contributed by atoms with van der Waals surface area (Å²) < 4.78 is 0. The lowest BCUT2D eigenvalue weighted by Crippen LogP contribution is -2.47. The van der Waals surface area contributed by atoms with Gasteiger partial charge in [-0.15, -0.1) is 0 Å². The molecule has 0 rings (SSSR count). The molecule has 0 spiro atoms. The molecule has 0 aromatic rings. The van der Waals surface area contributed by atoms with Gasteiger partial charge in [0.25, 0.3) is 0 Å². The van der Waals surface area contributed by atoms with Crippen molar-refractivity contribution in [2.45, 2.75) is 32.2 Å². The van der Waals surface area contributed by atoms with Gasteiger partial charge in [0, 0.05) is 6.92 Å². The minimum Gasteiger partial charge on any atom is -0.480 e. The number of carbonyl (C=O) groups excluding carboxylic acids is 1. The number of unbranched alkanes of at least 4 members (excludes halogenated alkanes) is 1. The van der Waals surface area contributed by atoms with Crippen molar-refractivity contribution in [2.24, 2.45) is 5.73 Å². The third kappa shape index (κ3) is 6.38. The van der Waals surface area contributed by atoms with Crippen molar-refractivity contribution in [3.63, 3.8) is 0 Å². The molecule has 0 aliphatic heterocycles. The fraction of sp³-hybridized carbons (Fsp3) is 0.750. The summed E-state index contributed by atoms with van der Waals surface area (Å²) in [6, 6.07) is -0.745. The number of hydrazine groups is 1. The molecule has 1 amide bonds. The smallest absolute Gasteiger partial charge is 0.322 e. The van der Waals surface area contributed by atoms with Crippen LogP contribution in [0.5, 0.6) is 0 Å². The molecule has 0 fully saturated rings. The average Bonchev–Trinajstić information content (AvgIpc) is 2.10. The number of carbonyl (C=O) groups is 2. The number of amides is 1. The van der Waals surface area contributed by atoms with Gasteiger partial charge in [-0.1, -0.05) is 0 Å². The Labute approximate surface area is 82.8 Å². The lowest BCUT2D eigenvalue weighted by atomic mass is 10.1. The highest BCUT2D eigenvalue weighted by Crippen LogP contribution is 1.99. The van der Waals surface area contributed by atoms with E-state index in [0.717, 1.165) is 12.8 Å². The molecular formula is C8H17N3O3. The maximum atomic E-state index is 10.7. The molecule has 0 aromatic carbocycles. The van der Waals surface area contributed by atoms with E-state index in [-0.39, 0.29) is 5.91 Å². The highest BCUT2D eigenvalue weighted by Gasteiger charge is 2.15. The number of nitrogens with one attached hydrogen (secondary N) is 2. The Morgan fingerprint density at radius 2 is 2.07 bits per heavy atom. The van der Waals surface area contributed by atoms with Gasteiger partial charge in [0.15, 0.2) is 0 Å². The molecule has 6 nitrogen and oxygen atoms in total. The van der Waals surface area contributed by atoms with Crippen LogP contribution >= 0.6 is 0 Å². The number of hydrogen-bond acceptors (Lipinski definition) is 4. The van der Waals surface area contributed by atoms with Crippen molar-refractivity contribution >= 4 is 11.9 Å². The number of nitrogens with two attached hydrogens (primary N) is 1. The molecule has 0 saturated carbocycles. The standard InChI is InChI=1S/C8H17N3O3/c1-6(12)10-11-7(8(13)14)4-2-3-5-9/h7,11H,2-5,9H2,1H3,(H,10,12)(H,13,14)/t7-/m0/s1. The fourth-order valence-electron chi connectivity index (χ4n) is 0.939. The number of rotatable bonds is 7. The van der Waals surface area contributed by atoms with Gasteiger partial charge in [-0.25, -0.2) is 5.43 Å². The quantitative estimate of drug-likeness (QED) is 0.320. The molecule has 1 atom stereocenters. The highest BCUT2D eigenvalue weighted by atomic mass is 16.4. The summed E-state index contributed by atoms with van der Waals surface area (Å²) in [6.45, 7) is 1.86. The van der Waals surface area contributed by atoms with Gasteiger partial charge in [0.05, 0.1) is 0 Å². The van der Waals surface area contributed by atoms with Gasteiger partial charge in [0.2, 0.25) is 5.91 Å². The van der Waals surface area contributed by atoms with E-state index in [1.807, 2.05) is 0 Å². The summed E-state index contributed by atoms with van der Waals surface area (Å²) >= 11 is 0. The SMILES string of the molecule is CC(=O)NN[C@@H](CCCCN)C(=O)O. The summed E-state index contributed by atoms with van der Waals surface area (Å²) in [4.78, 5) is 21.2. The lowest BCUT2D eigenvalue weighted by molar-refractivity contribution is -0.140. The van der Waals surface area contributed by atoms with E-state index < -0.39 is 12.0 Å². The zero-order valence-corrected chi connectivity index (χ0v) is 8.25. The van der Waals surface area contributed by atoms with Crippen LogP contribution in [-0.4, -0.2) is 29.6 Å². The number of carboxylic acids is 1. The summed E-state index contributed by atoms with van der Waals surface area (Å²) in [5.41, 5.74) is 9.97. The maximum Gasteiger partial charge on any atom is 0.322 e. The molecule has 0 heterocycles. The van der Waals surface area contributed by atoms with E-state index in [0.29, 0.717) is 13.0 Å². The van der Waals surface area contributed by atoms with E-state index in [9.17, 15) is 9.59 Å². The molecular weight excluding hydrogens is 186 g/mol. The second-order valence-corrected chi connectivity index (χ2v) is 3.00. The van der Waals surface area contributed by atoms with Crippen molar-refractivity contribution in [3.8, 4) is 0 Å². The van der Waals surface area contributed by atoms with Gasteiger partial charge < -0.3 is 10.8 Å².